The van der Waals surface area contributed by atoms with Crippen molar-refractivity contribution in [3.8, 4) is 0 Å². The molecule has 3 nitrogen and oxygen atoms in total. The van der Waals surface area contributed by atoms with E-state index in [4.69, 9.17) is 10.5 Å². The Balaban J connectivity index is 2.26. The van der Waals surface area contributed by atoms with Crippen LogP contribution < -0.4 is 5.73 Å². The van der Waals surface area contributed by atoms with E-state index in [-0.39, 0.29) is 17.8 Å². The first-order valence-electron chi connectivity index (χ1n) is 5.59. The lowest BCUT2D eigenvalue weighted by Gasteiger charge is -2.17. The van der Waals surface area contributed by atoms with E-state index in [1.807, 2.05) is 25.1 Å². The van der Waals surface area contributed by atoms with Crippen LogP contribution >= 0.6 is 0 Å². The van der Waals surface area contributed by atoms with Crippen LogP contribution in [0.2, 0.25) is 0 Å². The van der Waals surface area contributed by atoms with Gasteiger partial charge in [-0.05, 0) is 42.0 Å². The Hall–Kier alpha value is -1.51. The molecule has 0 fully saturated rings. The zero-order valence-electron chi connectivity index (χ0n) is 9.69. The van der Waals surface area contributed by atoms with Crippen LogP contribution in [0.5, 0.6) is 0 Å². The van der Waals surface area contributed by atoms with E-state index >= 15 is 0 Å². The summed E-state index contributed by atoms with van der Waals surface area (Å²) in [6.07, 6.45) is 2.02. The summed E-state index contributed by atoms with van der Waals surface area (Å²) in [5.74, 6) is 0.0765. The van der Waals surface area contributed by atoms with Gasteiger partial charge in [0.05, 0.1) is 13.0 Å². The average molecular weight is 219 g/mol. The summed E-state index contributed by atoms with van der Waals surface area (Å²) in [5, 5.41) is 0. The number of hydrogen-bond donors (Lipinski definition) is 1. The van der Waals surface area contributed by atoms with Gasteiger partial charge in [-0.3, -0.25) is 4.79 Å². The van der Waals surface area contributed by atoms with Gasteiger partial charge in [-0.1, -0.05) is 13.0 Å². The average Bonchev–Trinajstić information content (AvgIpc) is 2.69. The number of fused-ring (bicyclic) bond motifs is 1. The summed E-state index contributed by atoms with van der Waals surface area (Å²) in [7, 11) is 1.44. The van der Waals surface area contributed by atoms with Gasteiger partial charge in [0.25, 0.3) is 0 Å². The van der Waals surface area contributed by atoms with Crippen molar-refractivity contribution in [2.75, 3.05) is 12.8 Å². The Morgan fingerprint density at radius 3 is 3.00 bits per heavy atom. The van der Waals surface area contributed by atoms with E-state index in [2.05, 4.69) is 0 Å². The smallest absolute Gasteiger partial charge is 0.308 e. The van der Waals surface area contributed by atoms with Gasteiger partial charge in [0, 0.05) is 5.69 Å². The normalized spacial score (nSPS) is 20.2. The fourth-order valence-electron chi connectivity index (χ4n) is 2.54. The minimum Gasteiger partial charge on any atom is -0.469 e. The predicted octanol–water partition coefficient (Wildman–Crippen LogP) is 2.11. The molecule has 3 heteroatoms. The fraction of sp³-hybridized carbons (Fsp3) is 0.462. The highest BCUT2D eigenvalue weighted by molar-refractivity contribution is 5.73. The Morgan fingerprint density at radius 2 is 2.31 bits per heavy atom. The van der Waals surface area contributed by atoms with Crippen molar-refractivity contribution in [1.29, 1.82) is 0 Å². The van der Waals surface area contributed by atoms with Crippen molar-refractivity contribution in [2.45, 2.75) is 25.7 Å². The molecule has 86 valence electrons. The highest BCUT2D eigenvalue weighted by Gasteiger charge is 2.31. The van der Waals surface area contributed by atoms with Crippen molar-refractivity contribution in [3.63, 3.8) is 0 Å². The maximum absolute atomic E-state index is 11.5. The number of nitrogen functional groups attached to an aromatic ring is 1. The molecule has 0 spiro atoms. The van der Waals surface area contributed by atoms with Crippen molar-refractivity contribution in [3.05, 3.63) is 29.3 Å². The highest BCUT2D eigenvalue weighted by atomic mass is 16.5. The van der Waals surface area contributed by atoms with Gasteiger partial charge in [0.2, 0.25) is 0 Å². The second-order valence-electron chi connectivity index (χ2n) is 4.42. The van der Waals surface area contributed by atoms with Gasteiger partial charge in [-0.15, -0.1) is 0 Å². The number of anilines is 1. The monoisotopic (exact) mass is 219 g/mol. The van der Waals surface area contributed by atoms with E-state index in [0.29, 0.717) is 0 Å². The first kappa shape index (κ1) is 11.0. The van der Waals surface area contributed by atoms with Gasteiger partial charge >= 0.3 is 5.97 Å². The lowest BCUT2D eigenvalue weighted by Crippen LogP contribution is -2.19. The summed E-state index contributed by atoms with van der Waals surface area (Å²) < 4.78 is 4.80. The SMILES string of the molecule is COC(=O)C(C)C1CCc2cc(N)ccc21. The Bertz CT molecular complexity index is 414. The van der Waals surface area contributed by atoms with Crippen LogP contribution in [0.15, 0.2) is 18.2 Å². The number of benzene rings is 1. The molecule has 1 aliphatic rings. The standard InChI is InChI=1S/C13H17NO2/c1-8(13(15)16-2)11-5-3-9-7-10(14)4-6-12(9)11/h4,6-8,11H,3,5,14H2,1-2H3. The van der Waals surface area contributed by atoms with E-state index < -0.39 is 0 Å². The van der Waals surface area contributed by atoms with Gasteiger partial charge in [-0.2, -0.15) is 0 Å². The molecule has 0 saturated carbocycles. The molecular formula is C13H17NO2. The van der Waals surface area contributed by atoms with E-state index in [1.165, 1.54) is 18.2 Å². The number of carbonyl (C=O) groups excluding carboxylic acids is 1. The number of rotatable bonds is 2. The summed E-state index contributed by atoms with van der Waals surface area (Å²) in [6, 6.07) is 5.96. The van der Waals surface area contributed by atoms with Crippen LogP contribution in [0.1, 0.15) is 30.4 Å². The molecule has 2 atom stereocenters. The van der Waals surface area contributed by atoms with Gasteiger partial charge < -0.3 is 10.5 Å². The zero-order chi connectivity index (χ0) is 11.7. The van der Waals surface area contributed by atoms with E-state index in [9.17, 15) is 4.79 Å². The van der Waals surface area contributed by atoms with Crippen molar-refractivity contribution in [2.24, 2.45) is 5.92 Å². The maximum Gasteiger partial charge on any atom is 0.308 e. The topological polar surface area (TPSA) is 52.3 Å². The third-order valence-corrected chi connectivity index (χ3v) is 3.47. The van der Waals surface area contributed by atoms with Crippen LogP contribution in [0, 0.1) is 5.92 Å². The number of methoxy groups -OCH3 is 1. The number of hydrogen-bond acceptors (Lipinski definition) is 3. The third kappa shape index (κ3) is 1.77. The molecule has 0 aliphatic heterocycles. The molecule has 0 bridgehead atoms. The quantitative estimate of drug-likeness (QED) is 0.612. The summed E-state index contributed by atoms with van der Waals surface area (Å²) in [5.41, 5.74) is 9.08. The minimum atomic E-state index is -0.130. The van der Waals surface area contributed by atoms with Gasteiger partial charge in [0.15, 0.2) is 0 Å². The second kappa shape index (κ2) is 4.16. The maximum atomic E-state index is 11.5. The van der Waals surface area contributed by atoms with Crippen LogP contribution in [0.4, 0.5) is 5.69 Å². The molecule has 0 heterocycles. The first-order valence-corrected chi connectivity index (χ1v) is 5.59. The van der Waals surface area contributed by atoms with Crippen molar-refractivity contribution in [1.82, 2.24) is 0 Å². The minimum absolute atomic E-state index is 0.0742. The molecule has 1 aromatic carbocycles. The third-order valence-electron chi connectivity index (χ3n) is 3.47. The van der Waals surface area contributed by atoms with Crippen LogP contribution in [0.3, 0.4) is 0 Å². The Labute approximate surface area is 95.6 Å². The number of carbonyl (C=O) groups is 1. The summed E-state index contributed by atoms with van der Waals surface area (Å²) >= 11 is 0. The lowest BCUT2D eigenvalue weighted by atomic mass is 9.88. The summed E-state index contributed by atoms with van der Waals surface area (Å²) in [6.45, 7) is 1.93. The van der Waals surface area contributed by atoms with Gasteiger partial charge in [-0.25, -0.2) is 0 Å². The molecule has 1 aliphatic carbocycles. The zero-order valence-corrected chi connectivity index (χ0v) is 9.69. The van der Waals surface area contributed by atoms with Gasteiger partial charge in [0.1, 0.15) is 0 Å². The molecule has 1 aromatic rings. The molecule has 0 radical (unpaired) electrons. The molecule has 2 unspecified atom stereocenters. The highest BCUT2D eigenvalue weighted by Crippen LogP contribution is 2.39. The Kier molecular flexibility index (Phi) is 2.86. The van der Waals surface area contributed by atoms with Crippen LogP contribution in [-0.4, -0.2) is 13.1 Å². The Morgan fingerprint density at radius 1 is 1.56 bits per heavy atom. The van der Waals surface area contributed by atoms with Crippen LogP contribution in [-0.2, 0) is 16.0 Å². The molecular weight excluding hydrogens is 202 g/mol. The number of esters is 1. The molecule has 0 saturated heterocycles. The van der Waals surface area contributed by atoms with E-state index in [0.717, 1.165) is 18.5 Å². The van der Waals surface area contributed by atoms with Crippen molar-refractivity contribution >= 4 is 11.7 Å². The van der Waals surface area contributed by atoms with Crippen molar-refractivity contribution < 1.29 is 9.53 Å². The fourth-order valence-corrected chi connectivity index (χ4v) is 2.54. The van der Waals surface area contributed by atoms with Crippen LogP contribution in [0.25, 0.3) is 0 Å². The second-order valence-corrected chi connectivity index (χ2v) is 4.42. The largest absolute Gasteiger partial charge is 0.469 e. The lowest BCUT2D eigenvalue weighted by molar-refractivity contribution is -0.145. The molecule has 0 aromatic heterocycles. The predicted molar refractivity (Wildman–Crippen MR) is 63.1 cm³/mol. The molecule has 0 amide bonds. The first-order chi connectivity index (χ1) is 7.63. The summed E-state index contributed by atoms with van der Waals surface area (Å²) in [4.78, 5) is 11.5. The van der Waals surface area contributed by atoms with E-state index in [1.54, 1.807) is 0 Å². The number of nitrogens with two attached hydrogens (primary N) is 1. The number of aryl methyl sites for hydroxylation is 1. The molecule has 2 N–H and O–H groups in total. The molecule has 2 rings (SSSR count). The molecule has 16 heavy (non-hydrogen) atoms. The number of ether oxygens (including phenoxy) is 1.